The van der Waals surface area contributed by atoms with Crippen LogP contribution in [-0.4, -0.2) is 43.2 Å². The molecule has 0 saturated heterocycles. The third-order valence-electron chi connectivity index (χ3n) is 2.21. The minimum absolute atomic E-state index is 0.0852. The van der Waals surface area contributed by atoms with E-state index in [0.29, 0.717) is 6.42 Å². The van der Waals surface area contributed by atoms with Gasteiger partial charge in [-0.05, 0) is 13.3 Å². The molecule has 0 saturated carbocycles. The van der Waals surface area contributed by atoms with Crippen molar-refractivity contribution in [3.05, 3.63) is 12.7 Å². The summed E-state index contributed by atoms with van der Waals surface area (Å²) in [6.45, 7) is 5.48. The van der Waals surface area contributed by atoms with Gasteiger partial charge in [0.1, 0.15) is 5.71 Å². The van der Waals surface area contributed by atoms with Gasteiger partial charge in [0.25, 0.3) is 0 Å². The Labute approximate surface area is 102 Å². The van der Waals surface area contributed by atoms with Gasteiger partial charge in [-0.3, -0.25) is 10.2 Å². The van der Waals surface area contributed by atoms with Gasteiger partial charge in [0.15, 0.2) is 0 Å². The van der Waals surface area contributed by atoms with Gasteiger partial charge < -0.3 is 9.64 Å². The molecule has 0 aromatic heterocycles. The van der Waals surface area contributed by atoms with Crippen molar-refractivity contribution < 1.29 is 14.3 Å². The number of carbonyl (C=O) groups is 2. The van der Waals surface area contributed by atoms with E-state index in [4.69, 9.17) is 10.1 Å². The molecule has 5 heteroatoms. The summed E-state index contributed by atoms with van der Waals surface area (Å²) in [5, 5.41) is 7.56. The Morgan fingerprint density at radius 2 is 2.06 bits per heavy atom. The molecule has 0 aliphatic carbocycles. The average molecular weight is 240 g/mol. The monoisotopic (exact) mass is 240 g/mol. The lowest BCUT2D eigenvalue weighted by molar-refractivity contribution is -0.135. The average Bonchev–Trinajstić information content (AvgIpc) is 2.27. The molecular weight excluding hydrogens is 220 g/mol. The summed E-state index contributed by atoms with van der Waals surface area (Å²) in [6, 6.07) is 0. The molecule has 1 atom stereocenters. The van der Waals surface area contributed by atoms with Gasteiger partial charge in [0.05, 0.1) is 6.61 Å². The zero-order valence-electron chi connectivity index (χ0n) is 10.7. The van der Waals surface area contributed by atoms with Gasteiger partial charge in [0.2, 0.25) is 5.91 Å². The largest absolute Gasteiger partial charge is 0.462 e. The number of hydrogen-bond donors (Lipinski definition) is 1. The quantitative estimate of drug-likeness (QED) is 0.413. The fourth-order valence-corrected chi connectivity index (χ4v) is 1.39. The Bertz CT molecular complexity index is 311. The van der Waals surface area contributed by atoms with Crippen molar-refractivity contribution in [2.24, 2.45) is 5.92 Å². The van der Waals surface area contributed by atoms with E-state index in [0.717, 1.165) is 0 Å². The van der Waals surface area contributed by atoms with Gasteiger partial charge in [0, 0.05) is 26.4 Å². The molecule has 17 heavy (non-hydrogen) atoms. The van der Waals surface area contributed by atoms with Crippen LogP contribution in [0.25, 0.3) is 0 Å². The first-order chi connectivity index (χ1) is 7.93. The molecule has 1 amide bonds. The molecule has 0 fully saturated rings. The maximum Gasteiger partial charge on any atom is 0.351 e. The Morgan fingerprint density at radius 3 is 2.47 bits per heavy atom. The summed E-state index contributed by atoms with van der Waals surface area (Å²) >= 11 is 0. The van der Waals surface area contributed by atoms with Crippen LogP contribution in [0.1, 0.15) is 19.8 Å². The van der Waals surface area contributed by atoms with Gasteiger partial charge in [-0.2, -0.15) is 0 Å². The van der Waals surface area contributed by atoms with E-state index in [2.05, 4.69) is 6.58 Å². The lowest BCUT2D eigenvalue weighted by atomic mass is 9.97. The van der Waals surface area contributed by atoms with Gasteiger partial charge >= 0.3 is 5.97 Å². The Hall–Kier alpha value is -1.65. The van der Waals surface area contributed by atoms with Crippen LogP contribution in [0.4, 0.5) is 0 Å². The number of ether oxygens (including phenoxy) is 1. The highest BCUT2D eigenvalue weighted by molar-refractivity contribution is 6.35. The first-order valence-corrected chi connectivity index (χ1v) is 5.50. The molecule has 0 aromatic rings. The van der Waals surface area contributed by atoms with Crippen LogP contribution in [0.2, 0.25) is 0 Å². The van der Waals surface area contributed by atoms with E-state index in [9.17, 15) is 9.59 Å². The summed E-state index contributed by atoms with van der Waals surface area (Å²) in [4.78, 5) is 24.5. The van der Waals surface area contributed by atoms with Gasteiger partial charge in [-0.15, -0.1) is 6.58 Å². The summed E-state index contributed by atoms with van der Waals surface area (Å²) in [5.74, 6) is -1.19. The molecule has 1 N–H and O–H groups in total. The second-order valence-electron chi connectivity index (χ2n) is 3.86. The highest BCUT2D eigenvalue weighted by atomic mass is 16.5. The van der Waals surface area contributed by atoms with E-state index in [1.807, 2.05) is 0 Å². The second-order valence-corrected chi connectivity index (χ2v) is 3.86. The second kappa shape index (κ2) is 7.60. The molecule has 0 aliphatic heterocycles. The summed E-state index contributed by atoms with van der Waals surface area (Å²) in [5.41, 5.74) is -0.172. The molecule has 0 heterocycles. The zero-order chi connectivity index (χ0) is 13.4. The van der Waals surface area contributed by atoms with Crippen LogP contribution in [0.3, 0.4) is 0 Å². The summed E-state index contributed by atoms with van der Waals surface area (Å²) in [7, 11) is 3.29. The van der Waals surface area contributed by atoms with Crippen molar-refractivity contribution in [2.45, 2.75) is 19.8 Å². The smallest absolute Gasteiger partial charge is 0.351 e. The molecule has 0 aromatic carbocycles. The molecule has 5 nitrogen and oxygen atoms in total. The number of nitrogens with one attached hydrogen (secondary N) is 1. The molecule has 0 bridgehead atoms. The molecule has 0 radical (unpaired) electrons. The maximum atomic E-state index is 11.8. The lowest BCUT2D eigenvalue weighted by Gasteiger charge is -2.19. The number of rotatable bonds is 7. The van der Waals surface area contributed by atoms with Crippen LogP contribution in [0.5, 0.6) is 0 Å². The van der Waals surface area contributed by atoms with Crippen molar-refractivity contribution in [3.8, 4) is 0 Å². The minimum atomic E-state index is -0.659. The number of esters is 1. The number of allylic oxidation sites excluding steroid dienone is 1. The SMILES string of the molecule is C=CCC(CC(=N)C(=O)OCC)C(=O)N(C)C. The third kappa shape index (κ3) is 5.29. The molecular formula is C12H20N2O3. The highest BCUT2D eigenvalue weighted by Crippen LogP contribution is 2.13. The van der Waals surface area contributed by atoms with Crippen molar-refractivity contribution in [1.29, 1.82) is 5.41 Å². The van der Waals surface area contributed by atoms with Crippen molar-refractivity contribution in [2.75, 3.05) is 20.7 Å². The van der Waals surface area contributed by atoms with Crippen LogP contribution in [-0.2, 0) is 14.3 Å². The van der Waals surface area contributed by atoms with E-state index in [1.54, 1.807) is 27.1 Å². The van der Waals surface area contributed by atoms with E-state index in [1.165, 1.54) is 4.90 Å². The van der Waals surface area contributed by atoms with Crippen LogP contribution in [0.15, 0.2) is 12.7 Å². The number of nitrogens with zero attached hydrogens (tertiary/aromatic N) is 1. The standard InChI is InChI=1S/C12H20N2O3/c1-5-7-9(11(15)14(3)4)8-10(13)12(16)17-6-2/h5,9,13H,1,6-8H2,2-4H3. The fraction of sp³-hybridized carbons (Fsp3) is 0.583. The van der Waals surface area contributed by atoms with Gasteiger partial charge in [-0.25, -0.2) is 4.79 Å². The van der Waals surface area contributed by atoms with Crippen molar-refractivity contribution in [3.63, 3.8) is 0 Å². The molecule has 0 aliphatic rings. The lowest BCUT2D eigenvalue weighted by Crippen LogP contribution is -2.32. The van der Waals surface area contributed by atoms with E-state index < -0.39 is 11.9 Å². The van der Waals surface area contributed by atoms with Crippen LogP contribution < -0.4 is 0 Å². The topological polar surface area (TPSA) is 70.5 Å². The Morgan fingerprint density at radius 1 is 1.47 bits per heavy atom. The zero-order valence-corrected chi connectivity index (χ0v) is 10.7. The third-order valence-corrected chi connectivity index (χ3v) is 2.21. The Kier molecular flexibility index (Phi) is 6.86. The van der Waals surface area contributed by atoms with E-state index in [-0.39, 0.29) is 24.6 Å². The first kappa shape index (κ1) is 15.3. The summed E-state index contributed by atoms with van der Waals surface area (Å²) in [6.07, 6.45) is 2.14. The number of carbonyl (C=O) groups excluding carboxylic acids is 2. The predicted octanol–water partition coefficient (Wildman–Crippen LogP) is 1.24. The summed E-state index contributed by atoms with van der Waals surface area (Å²) < 4.78 is 4.71. The van der Waals surface area contributed by atoms with E-state index >= 15 is 0 Å². The minimum Gasteiger partial charge on any atom is -0.462 e. The molecule has 1 unspecified atom stereocenters. The fourth-order valence-electron chi connectivity index (χ4n) is 1.39. The highest BCUT2D eigenvalue weighted by Gasteiger charge is 2.23. The maximum absolute atomic E-state index is 11.8. The van der Waals surface area contributed by atoms with Gasteiger partial charge in [-0.1, -0.05) is 6.08 Å². The number of amides is 1. The predicted molar refractivity (Wildman–Crippen MR) is 66.0 cm³/mol. The normalized spacial score (nSPS) is 11.5. The van der Waals surface area contributed by atoms with Crippen LogP contribution in [0, 0.1) is 11.3 Å². The molecule has 0 rings (SSSR count). The Balaban J connectivity index is 4.54. The van der Waals surface area contributed by atoms with Crippen LogP contribution >= 0.6 is 0 Å². The first-order valence-electron chi connectivity index (χ1n) is 5.50. The molecule has 0 spiro atoms. The van der Waals surface area contributed by atoms with Crippen molar-refractivity contribution >= 4 is 17.6 Å². The number of hydrogen-bond acceptors (Lipinski definition) is 4. The van der Waals surface area contributed by atoms with Crippen molar-refractivity contribution in [1.82, 2.24) is 4.90 Å². The molecule has 96 valence electrons.